The molecule has 0 aromatic heterocycles. The quantitative estimate of drug-likeness (QED) is 0.670. The van der Waals surface area contributed by atoms with Crippen LogP contribution in [0.4, 0.5) is 0 Å². The van der Waals surface area contributed by atoms with Gasteiger partial charge in [0.05, 0.1) is 12.1 Å². The molecule has 2 N–H and O–H groups in total. The van der Waals surface area contributed by atoms with Gasteiger partial charge >= 0.3 is 5.97 Å². The maximum atomic E-state index is 11.5. The molecule has 0 rings (SSSR count). The Kier molecular flexibility index (Phi) is 4.69. The first-order valence-electron chi connectivity index (χ1n) is 4.37. The highest BCUT2D eigenvalue weighted by molar-refractivity contribution is 7.90. The number of nitrogens with one attached hydrogen (secondary N) is 1. The van der Waals surface area contributed by atoms with Crippen LogP contribution in [-0.4, -0.2) is 44.0 Å². The third-order valence-corrected chi connectivity index (χ3v) is 3.71. The minimum absolute atomic E-state index is 0.165. The summed E-state index contributed by atoms with van der Waals surface area (Å²) in [7, 11) is -2.43. The van der Waals surface area contributed by atoms with Gasteiger partial charge in [0.2, 0.25) is 10.0 Å². The number of methoxy groups -OCH3 is 1. The Hall–Kier alpha value is -0.660. The Bertz CT molecular complexity index is 322. The van der Waals surface area contributed by atoms with Crippen LogP contribution in [0.25, 0.3) is 0 Å². The molecule has 0 aromatic rings. The zero-order valence-corrected chi connectivity index (χ0v) is 10.1. The molecule has 0 bridgehead atoms. The Morgan fingerprint density at radius 2 is 2.00 bits per heavy atom. The number of sulfonamides is 1. The van der Waals surface area contributed by atoms with Crippen molar-refractivity contribution < 1.29 is 23.1 Å². The van der Waals surface area contributed by atoms with Crippen LogP contribution >= 0.6 is 0 Å². The molecule has 0 aliphatic rings. The highest BCUT2D eigenvalue weighted by Crippen LogP contribution is 2.08. The summed E-state index contributed by atoms with van der Waals surface area (Å²) in [4.78, 5) is 10.5. The van der Waals surface area contributed by atoms with Crippen molar-refractivity contribution in [3.8, 4) is 0 Å². The van der Waals surface area contributed by atoms with Crippen molar-refractivity contribution >= 4 is 16.0 Å². The average Bonchev–Trinajstić information content (AvgIpc) is 2.00. The highest BCUT2D eigenvalue weighted by Gasteiger charge is 2.33. The van der Waals surface area contributed by atoms with Crippen LogP contribution in [0, 0.1) is 0 Å². The molecule has 90 valence electrons. The second-order valence-corrected chi connectivity index (χ2v) is 5.95. The van der Waals surface area contributed by atoms with E-state index in [0.717, 1.165) is 6.92 Å². The van der Waals surface area contributed by atoms with Crippen molar-refractivity contribution in [2.24, 2.45) is 0 Å². The van der Waals surface area contributed by atoms with E-state index >= 15 is 0 Å². The molecular weight excluding hydrogens is 222 g/mol. The number of hydrogen-bond acceptors (Lipinski definition) is 4. The largest absolute Gasteiger partial charge is 0.480 e. The molecule has 6 nitrogen and oxygen atoms in total. The summed E-state index contributed by atoms with van der Waals surface area (Å²) >= 11 is 0. The van der Waals surface area contributed by atoms with Gasteiger partial charge in [-0.2, -0.15) is 0 Å². The molecular formula is C8H17NO5S. The zero-order chi connectivity index (χ0) is 12.3. The number of carboxylic acids is 1. The van der Waals surface area contributed by atoms with E-state index in [0.29, 0.717) is 0 Å². The summed E-state index contributed by atoms with van der Waals surface area (Å²) in [6, 6.07) is 0. The molecule has 0 saturated carbocycles. The van der Waals surface area contributed by atoms with Gasteiger partial charge in [-0.15, -0.1) is 0 Å². The first-order chi connectivity index (χ1) is 6.62. The van der Waals surface area contributed by atoms with Crippen molar-refractivity contribution in [1.82, 2.24) is 4.72 Å². The molecule has 0 aromatic carbocycles. The second kappa shape index (κ2) is 4.91. The van der Waals surface area contributed by atoms with E-state index in [9.17, 15) is 13.2 Å². The van der Waals surface area contributed by atoms with Crippen LogP contribution < -0.4 is 4.72 Å². The van der Waals surface area contributed by atoms with E-state index in [1.807, 2.05) is 0 Å². The third kappa shape index (κ3) is 4.59. The number of ether oxygens (including phenoxy) is 1. The van der Waals surface area contributed by atoms with E-state index in [4.69, 9.17) is 9.84 Å². The first kappa shape index (κ1) is 14.3. The van der Waals surface area contributed by atoms with Gasteiger partial charge < -0.3 is 9.84 Å². The van der Waals surface area contributed by atoms with E-state index in [2.05, 4.69) is 4.72 Å². The molecule has 0 radical (unpaired) electrons. The Balaban J connectivity index is 4.72. The van der Waals surface area contributed by atoms with Gasteiger partial charge in [-0.1, -0.05) is 0 Å². The molecule has 0 amide bonds. The van der Waals surface area contributed by atoms with E-state index < -0.39 is 26.8 Å². The van der Waals surface area contributed by atoms with Crippen LogP contribution in [0.2, 0.25) is 0 Å². The predicted octanol–water partition coefficient (Wildman–Crippen LogP) is -0.196. The SMILES string of the molecule is COCC(C)(C)NS(=O)(=O)C(C)C(=O)O. The summed E-state index contributed by atoms with van der Waals surface area (Å²) in [5.41, 5.74) is -0.822. The van der Waals surface area contributed by atoms with Crippen LogP contribution in [0.1, 0.15) is 20.8 Å². The number of hydrogen-bond donors (Lipinski definition) is 2. The summed E-state index contributed by atoms with van der Waals surface area (Å²) in [6.07, 6.45) is 0. The van der Waals surface area contributed by atoms with Crippen LogP contribution in [-0.2, 0) is 19.6 Å². The van der Waals surface area contributed by atoms with Gasteiger partial charge in [-0.3, -0.25) is 4.79 Å². The lowest BCUT2D eigenvalue weighted by Crippen LogP contribution is -2.51. The number of aliphatic carboxylic acids is 1. The van der Waals surface area contributed by atoms with Crippen LogP contribution in [0.5, 0.6) is 0 Å². The minimum atomic E-state index is -3.87. The van der Waals surface area contributed by atoms with Gasteiger partial charge in [-0.05, 0) is 20.8 Å². The van der Waals surface area contributed by atoms with E-state index in [-0.39, 0.29) is 6.61 Å². The Labute approximate surface area is 89.7 Å². The molecule has 0 fully saturated rings. The molecule has 0 aliphatic heterocycles. The monoisotopic (exact) mass is 239 g/mol. The maximum absolute atomic E-state index is 11.5. The van der Waals surface area contributed by atoms with Crippen molar-refractivity contribution in [1.29, 1.82) is 0 Å². The molecule has 0 heterocycles. The van der Waals surface area contributed by atoms with Gasteiger partial charge in [0.15, 0.2) is 5.25 Å². The van der Waals surface area contributed by atoms with Crippen molar-refractivity contribution in [2.45, 2.75) is 31.6 Å². The third-order valence-electron chi connectivity index (χ3n) is 1.74. The topological polar surface area (TPSA) is 92.7 Å². The van der Waals surface area contributed by atoms with Crippen molar-refractivity contribution in [3.05, 3.63) is 0 Å². The summed E-state index contributed by atoms with van der Waals surface area (Å²) in [5.74, 6) is -1.38. The number of carbonyl (C=O) groups is 1. The number of carboxylic acid groups (broad SMARTS) is 1. The smallest absolute Gasteiger partial charge is 0.323 e. The van der Waals surface area contributed by atoms with Crippen LogP contribution in [0.3, 0.4) is 0 Å². The van der Waals surface area contributed by atoms with Crippen LogP contribution in [0.15, 0.2) is 0 Å². The molecule has 0 saturated heterocycles. The summed E-state index contributed by atoms with van der Waals surface area (Å²) < 4.78 is 30.1. The summed E-state index contributed by atoms with van der Waals surface area (Å²) in [5, 5.41) is 7.12. The average molecular weight is 239 g/mol. The molecule has 1 atom stereocenters. The summed E-state index contributed by atoms with van der Waals surface area (Å²) in [6.45, 7) is 4.51. The molecule has 0 spiro atoms. The molecule has 15 heavy (non-hydrogen) atoms. The zero-order valence-electron chi connectivity index (χ0n) is 9.27. The predicted molar refractivity (Wildman–Crippen MR) is 55.1 cm³/mol. The highest BCUT2D eigenvalue weighted by atomic mass is 32.2. The minimum Gasteiger partial charge on any atom is -0.480 e. The fraction of sp³-hybridized carbons (Fsp3) is 0.875. The van der Waals surface area contributed by atoms with Gasteiger partial charge in [0.25, 0.3) is 0 Å². The normalized spacial score (nSPS) is 14.9. The van der Waals surface area contributed by atoms with Gasteiger partial charge in [-0.25, -0.2) is 13.1 Å². The lowest BCUT2D eigenvalue weighted by molar-refractivity contribution is -0.136. The standard InChI is InChI=1S/C8H17NO5S/c1-6(7(10)11)15(12,13)9-8(2,3)5-14-4/h6,9H,5H2,1-4H3,(H,10,11). The molecule has 0 aliphatic carbocycles. The van der Waals surface area contributed by atoms with Crippen molar-refractivity contribution in [3.63, 3.8) is 0 Å². The number of rotatable bonds is 6. The van der Waals surface area contributed by atoms with E-state index in [1.165, 1.54) is 7.11 Å². The first-order valence-corrected chi connectivity index (χ1v) is 5.91. The van der Waals surface area contributed by atoms with Crippen molar-refractivity contribution in [2.75, 3.05) is 13.7 Å². The maximum Gasteiger partial charge on any atom is 0.323 e. The van der Waals surface area contributed by atoms with Gasteiger partial charge in [0, 0.05) is 7.11 Å². The Morgan fingerprint density at radius 1 is 1.53 bits per heavy atom. The Morgan fingerprint density at radius 3 is 2.33 bits per heavy atom. The molecule has 7 heteroatoms. The molecule has 1 unspecified atom stereocenters. The second-order valence-electron chi connectivity index (χ2n) is 3.94. The fourth-order valence-corrected chi connectivity index (χ4v) is 2.27. The fourth-order valence-electron chi connectivity index (χ4n) is 0.997. The van der Waals surface area contributed by atoms with E-state index in [1.54, 1.807) is 13.8 Å². The van der Waals surface area contributed by atoms with Gasteiger partial charge in [0.1, 0.15) is 0 Å². The lowest BCUT2D eigenvalue weighted by Gasteiger charge is -2.25. The lowest BCUT2D eigenvalue weighted by atomic mass is 10.1.